The topological polar surface area (TPSA) is 46.3 Å². The fraction of sp³-hybridized carbons (Fsp3) is 0.588. The number of hydrogen-bond donors (Lipinski definition) is 1. The summed E-state index contributed by atoms with van der Waals surface area (Å²) in [7, 11) is 1.89. The van der Waals surface area contributed by atoms with Crippen LogP contribution in [0.1, 0.15) is 43.2 Å². The molecular weight excluding hydrogens is 284 g/mol. The molecule has 1 saturated carbocycles. The summed E-state index contributed by atoms with van der Waals surface area (Å²) in [5, 5.41) is 0. The minimum Gasteiger partial charge on any atom is -0.341 e. The quantitative estimate of drug-likeness (QED) is 0.927. The third-order valence-corrected chi connectivity index (χ3v) is 4.33. The zero-order valence-electron chi connectivity index (χ0n) is 13.0. The van der Waals surface area contributed by atoms with Crippen LogP contribution in [0.4, 0.5) is 0 Å². The van der Waals surface area contributed by atoms with Crippen LogP contribution in [0.2, 0.25) is 0 Å². The average molecular weight is 311 g/mol. The van der Waals surface area contributed by atoms with Crippen LogP contribution >= 0.6 is 12.4 Å². The van der Waals surface area contributed by atoms with E-state index in [-0.39, 0.29) is 24.4 Å². The van der Waals surface area contributed by atoms with Gasteiger partial charge in [-0.1, -0.05) is 42.7 Å². The van der Waals surface area contributed by atoms with Crippen LogP contribution in [0, 0.1) is 12.8 Å². The molecule has 1 aliphatic rings. The summed E-state index contributed by atoms with van der Waals surface area (Å²) in [6.45, 7) is 2.76. The number of nitrogens with two attached hydrogens (primary N) is 1. The Bertz CT molecular complexity index is 464. The van der Waals surface area contributed by atoms with Crippen molar-refractivity contribution in [1.82, 2.24) is 4.90 Å². The highest BCUT2D eigenvalue weighted by Crippen LogP contribution is 2.26. The molecule has 0 heterocycles. The van der Waals surface area contributed by atoms with Crippen molar-refractivity contribution < 1.29 is 4.79 Å². The lowest BCUT2D eigenvalue weighted by Gasteiger charge is -2.29. The molecule has 1 aliphatic carbocycles. The molecular formula is C17H27ClN2O. The van der Waals surface area contributed by atoms with Crippen molar-refractivity contribution in [3.05, 3.63) is 35.4 Å². The van der Waals surface area contributed by atoms with Crippen LogP contribution < -0.4 is 5.73 Å². The zero-order chi connectivity index (χ0) is 14.5. The second-order valence-electron chi connectivity index (χ2n) is 6.15. The molecule has 118 valence electrons. The lowest BCUT2D eigenvalue weighted by atomic mass is 9.83. The smallest absolute Gasteiger partial charge is 0.222 e. The number of aryl methyl sites for hydroxylation is 1. The van der Waals surface area contributed by atoms with Crippen LogP contribution in [-0.4, -0.2) is 23.9 Å². The van der Waals surface area contributed by atoms with Crippen LogP contribution in [0.15, 0.2) is 24.3 Å². The maximum atomic E-state index is 12.3. The van der Waals surface area contributed by atoms with Crippen molar-refractivity contribution in [2.24, 2.45) is 11.7 Å². The van der Waals surface area contributed by atoms with Gasteiger partial charge in [0.05, 0.1) is 0 Å². The van der Waals surface area contributed by atoms with E-state index in [4.69, 9.17) is 5.73 Å². The Morgan fingerprint density at radius 1 is 1.33 bits per heavy atom. The molecule has 1 aromatic rings. The van der Waals surface area contributed by atoms with E-state index in [1.165, 1.54) is 24.0 Å². The Morgan fingerprint density at radius 2 is 2.05 bits per heavy atom. The van der Waals surface area contributed by atoms with E-state index >= 15 is 0 Å². The minimum absolute atomic E-state index is 0. The second-order valence-corrected chi connectivity index (χ2v) is 6.15. The van der Waals surface area contributed by atoms with Crippen molar-refractivity contribution in [2.45, 2.75) is 51.6 Å². The number of carbonyl (C=O) groups is 1. The molecule has 2 rings (SSSR count). The molecule has 0 aliphatic heterocycles. The molecule has 1 aromatic carbocycles. The molecule has 2 atom stereocenters. The van der Waals surface area contributed by atoms with Gasteiger partial charge in [-0.05, 0) is 31.2 Å². The van der Waals surface area contributed by atoms with E-state index < -0.39 is 0 Å². The van der Waals surface area contributed by atoms with Gasteiger partial charge in [-0.2, -0.15) is 0 Å². The molecule has 0 spiro atoms. The Labute approximate surface area is 134 Å². The first kappa shape index (κ1) is 18.0. The molecule has 2 N–H and O–H groups in total. The first-order valence-electron chi connectivity index (χ1n) is 7.61. The van der Waals surface area contributed by atoms with Gasteiger partial charge in [-0.25, -0.2) is 0 Å². The predicted molar refractivity (Wildman–Crippen MR) is 89.5 cm³/mol. The van der Waals surface area contributed by atoms with E-state index in [0.717, 1.165) is 12.8 Å². The van der Waals surface area contributed by atoms with E-state index in [1.807, 2.05) is 18.0 Å². The van der Waals surface area contributed by atoms with E-state index in [2.05, 4.69) is 25.1 Å². The van der Waals surface area contributed by atoms with Gasteiger partial charge in [0.1, 0.15) is 0 Å². The van der Waals surface area contributed by atoms with Gasteiger partial charge >= 0.3 is 0 Å². The van der Waals surface area contributed by atoms with Crippen molar-refractivity contribution >= 4 is 18.3 Å². The molecule has 1 fully saturated rings. The first-order chi connectivity index (χ1) is 9.56. The van der Waals surface area contributed by atoms with Gasteiger partial charge in [0.2, 0.25) is 5.91 Å². The number of hydrogen-bond acceptors (Lipinski definition) is 2. The van der Waals surface area contributed by atoms with Gasteiger partial charge in [-0.15, -0.1) is 12.4 Å². The highest BCUT2D eigenvalue weighted by atomic mass is 35.5. The Kier molecular flexibility index (Phi) is 7.20. The molecule has 0 aromatic heterocycles. The van der Waals surface area contributed by atoms with E-state index in [9.17, 15) is 4.79 Å². The molecule has 1 amide bonds. The first-order valence-corrected chi connectivity index (χ1v) is 7.61. The molecule has 0 bridgehead atoms. The Balaban J connectivity index is 0.00000220. The van der Waals surface area contributed by atoms with Crippen LogP contribution in [-0.2, 0) is 11.3 Å². The van der Waals surface area contributed by atoms with Gasteiger partial charge < -0.3 is 10.6 Å². The standard InChI is InChI=1S/C17H26N2O.ClH/c1-13-6-5-7-14(10-13)12-19(2)17(20)11-15-8-3-4-9-16(15)18;/h5-7,10,15-16H,3-4,8-9,11-12,18H2,1-2H3;1H. The third kappa shape index (κ3) is 5.33. The molecule has 2 unspecified atom stereocenters. The largest absolute Gasteiger partial charge is 0.341 e. The number of benzene rings is 1. The van der Waals surface area contributed by atoms with Gasteiger partial charge in [-0.3, -0.25) is 4.79 Å². The maximum Gasteiger partial charge on any atom is 0.222 e. The fourth-order valence-electron chi connectivity index (χ4n) is 3.04. The monoisotopic (exact) mass is 310 g/mol. The molecule has 4 heteroatoms. The average Bonchev–Trinajstić information content (AvgIpc) is 2.41. The number of nitrogens with zero attached hydrogens (tertiary/aromatic N) is 1. The summed E-state index contributed by atoms with van der Waals surface area (Å²) < 4.78 is 0. The summed E-state index contributed by atoms with van der Waals surface area (Å²) in [5.41, 5.74) is 8.55. The SMILES string of the molecule is Cc1cccc(CN(C)C(=O)CC2CCCCC2N)c1.Cl. The van der Waals surface area contributed by atoms with Crippen molar-refractivity contribution in [1.29, 1.82) is 0 Å². The summed E-state index contributed by atoms with van der Waals surface area (Å²) in [6, 6.07) is 8.53. The normalized spacial score (nSPS) is 21.5. The van der Waals surface area contributed by atoms with Crippen LogP contribution in [0.3, 0.4) is 0 Å². The van der Waals surface area contributed by atoms with Crippen LogP contribution in [0.25, 0.3) is 0 Å². The summed E-state index contributed by atoms with van der Waals surface area (Å²) in [6.07, 6.45) is 5.20. The molecule has 0 saturated heterocycles. The number of halogens is 1. The highest BCUT2D eigenvalue weighted by molar-refractivity contribution is 5.85. The lowest BCUT2D eigenvalue weighted by Crippen LogP contribution is -2.37. The summed E-state index contributed by atoms with van der Waals surface area (Å²) in [4.78, 5) is 14.1. The summed E-state index contributed by atoms with van der Waals surface area (Å²) >= 11 is 0. The zero-order valence-corrected chi connectivity index (χ0v) is 13.9. The number of amides is 1. The lowest BCUT2D eigenvalue weighted by molar-refractivity contribution is -0.131. The van der Waals surface area contributed by atoms with E-state index in [1.54, 1.807) is 0 Å². The predicted octanol–water partition coefficient (Wildman–Crippen LogP) is 3.28. The molecule has 21 heavy (non-hydrogen) atoms. The van der Waals surface area contributed by atoms with Crippen molar-refractivity contribution in [3.8, 4) is 0 Å². The minimum atomic E-state index is 0. The van der Waals surface area contributed by atoms with Gasteiger partial charge in [0, 0.05) is 26.1 Å². The van der Waals surface area contributed by atoms with Crippen molar-refractivity contribution in [3.63, 3.8) is 0 Å². The number of rotatable bonds is 4. The van der Waals surface area contributed by atoms with Gasteiger partial charge in [0.25, 0.3) is 0 Å². The Morgan fingerprint density at radius 3 is 2.71 bits per heavy atom. The van der Waals surface area contributed by atoms with Gasteiger partial charge in [0.15, 0.2) is 0 Å². The number of carbonyl (C=O) groups excluding carboxylic acids is 1. The van der Waals surface area contributed by atoms with E-state index in [0.29, 0.717) is 18.9 Å². The maximum absolute atomic E-state index is 12.3. The second kappa shape index (κ2) is 8.40. The van der Waals surface area contributed by atoms with Crippen molar-refractivity contribution in [2.75, 3.05) is 7.05 Å². The molecule has 3 nitrogen and oxygen atoms in total. The third-order valence-electron chi connectivity index (χ3n) is 4.33. The fourth-order valence-corrected chi connectivity index (χ4v) is 3.04. The summed E-state index contributed by atoms with van der Waals surface area (Å²) in [5.74, 6) is 0.588. The van der Waals surface area contributed by atoms with Crippen LogP contribution in [0.5, 0.6) is 0 Å². The highest BCUT2D eigenvalue weighted by Gasteiger charge is 2.25. The Hall–Kier alpha value is -1.06. The molecule has 0 radical (unpaired) electrons.